The number of carbonyl (C=O) groups is 1. The molecule has 122 valence electrons. The lowest BCUT2D eigenvalue weighted by molar-refractivity contribution is -0.119. The van der Waals surface area contributed by atoms with Gasteiger partial charge in [0.2, 0.25) is 5.91 Å². The fourth-order valence-electron chi connectivity index (χ4n) is 1.54. The van der Waals surface area contributed by atoms with E-state index < -0.39 is 0 Å². The number of nitrogens with two attached hydrogens (primary N) is 1. The molecule has 2 atom stereocenters. The van der Waals surface area contributed by atoms with Crippen molar-refractivity contribution in [1.29, 1.82) is 0 Å². The molecule has 7 heteroatoms. The smallest absolute Gasteiger partial charge is 0.228 e. The Morgan fingerprint density at radius 3 is 2.19 bits per heavy atom. The molecule has 0 radical (unpaired) electrons. The molecule has 0 saturated heterocycles. The van der Waals surface area contributed by atoms with Gasteiger partial charge in [0.1, 0.15) is 5.82 Å². The van der Waals surface area contributed by atoms with Crippen LogP contribution >= 0.6 is 24.8 Å². The number of carbonyl (C=O) groups excluding carboxylic acids is 1. The lowest BCUT2D eigenvalue weighted by Gasteiger charge is -2.19. The fraction of sp³-hybridized carbons (Fsp3) is 0.500. The Balaban J connectivity index is 0. The minimum atomic E-state index is -0.346. The molecule has 1 aromatic rings. The Morgan fingerprint density at radius 1 is 1.14 bits per heavy atom. The van der Waals surface area contributed by atoms with E-state index in [-0.39, 0.29) is 54.5 Å². The quantitative estimate of drug-likeness (QED) is 0.769. The normalized spacial score (nSPS) is 12.7. The van der Waals surface area contributed by atoms with Crippen LogP contribution < -0.4 is 16.4 Å². The van der Waals surface area contributed by atoms with Crippen LogP contribution in [-0.2, 0) is 4.79 Å². The van der Waals surface area contributed by atoms with Gasteiger partial charge in [-0.2, -0.15) is 0 Å². The van der Waals surface area contributed by atoms with E-state index in [9.17, 15) is 9.18 Å². The average Bonchev–Trinajstić information content (AvgIpc) is 2.30. The van der Waals surface area contributed by atoms with Gasteiger partial charge in [0.25, 0.3) is 0 Å². The highest BCUT2D eigenvalue weighted by Crippen LogP contribution is 2.24. The van der Waals surface area contributed by atoms with Gasteiger partial charge in [-0.15, -0.1) is 24.8 Å². The van der Waals surface area contributed by atoms with E-state index in [0.717, 1.165) is 0 Å². The summed E-state index contributed by atoms with van der Waals surface area (Å²) in [5.41, 5.74) is 6.83. The van der Waals surface area contributed by atoms with Gasteiger partial charge in [-0.05, 0) is 39.0 Å². The maximum Gasteiger partial charge on any atom is 0.228 e. The van der Waals surface area contributed by atoms with E-state index in [2.05, 4.69) is 10.6 Å². The van der Waals surface area contributed by atoms with Crippen LogP contribution in [0, 0.1) is 11.7 Å². The van der Waals surface area contributed by atoms with Crippen LogP contribution in [0.2, 0.25) is 0 Å². The Bertz CT molecular complexity index is 456. The number of anilines is 2. The zero-order valence-electron chi connectivity index (χ0n) is 12.6. The molecule has 0 bridgehead atoms. The first-order chi connectivity index (χ1) is 8.81. The summed E-state index contributed by atoms with van der Waals surface area (Å²) in [7, 11) is 0. The SMILES string of the molecule is CC(C)Nc1cc(F)ccc1NC(=O)C(C)C(C)N.Cl.Cl. The van der Waals surface area contributed by atoms with Gasteiger partial charge in [0, 0.05) is 12.1 Å². The van der Waals surface area contributed by atoms with Crippen molar-refractivity contribution in [3.63, 3.8) is 0 Å². The molecule has 4 nitrogen and oxygen atoms in total. The Hall–Kier alpha value is -1.04. The fourth-order valence-corrected chi connectivity index (χ4v) is 1.54. The molecular weight excluding hydrogens is 316 g/mol. The minimum Gasteiger partial charge on any atom is -0.381 e. The zero-order chi connectivity index (χ0) is 14.6. The zero-order valence-corrected chi connectivity index (χ0v) is 14.3. The number of hydrogen-bond acceptors (Lipinski definition) is 3. The highest BCUT2D eigenvalue weighted by Gasteiger charge is 2.18. The Labute approximate surface area is 137 Å². The molecular formula is C14H24Cl2FN3O. The molecule has 1 aromatic carbocycles. The number of hydrogen-bond donors (Lipinski definition) is 3. The number of nitrogens with one attached hydrogen (secondary N) is 2. The number of rotatable bonds is 5. The summed E-state index contributed by atoms with van der Waals surface area (Å²) in [6, 6.07) is 4.14. The molecule has 4 N–H and O–H groups in total. The first-order valence-electron chi connectivity index (χ1n) is 6.43. The van der Waals surface area contributed by atoms with Crippen LogP contribution in [0.3, 0.4) is 0 Å². The molecule has 0 aliphatic heterocycles. The first-order valence-corrected chi connectivity index (χ1v) is 6.43. The van der Waals surface area contributed by atoms with Crippen molar-refractivity contribution in [2.45, 2.75) is 39.8 Å². The Kier molecular flexibility index (Phi) is 10.4. The molecule has 0 aliphatic rings. The number of benzene rings is 1. The third kappa shape index (κ3) is 6.98. The van der Waals surface area contributed by atoms with E-state index in [0.29, 0.717) is 11.4 Å². The molecule has 0 fully saturated rings. The highest BCUT2D eigenvalue weighted by molar-refractivity contribution is 5.95. The summed E-state index contributed by atoms with van der Waals surface area (Å²) in [4.78, 5) is 12.0. The van der Waals surface area contributed by atoms with Gasteiger partial charge in [0.05, 0.1) is 17.3 Å². The Morgan fingerprint density at radius 2 is 1.71 bits per heavy atom. The highest BCUT2D eigenvalue weighted by atomic mass is 35.5. The van der Waals surface area contributed by atoms with E-state index in [1.807, 2.05) is 13.8 Å². The topological polar surface area (TPSA) is 67.1 Å². The van der Waals surface area contributed by atoms with Crippen LogP contribution in [0.25, 0.3) is 0 Å². The molecule has 1 amide bonds. The maximum absolute atomic E-state index is 13.2. The van der Waals surface area contributed by atoms with Gasteiger partial charge in [0.15, 0.2) is 0 Å². The summed E-state index contributed by atoms with van der Waals surface area (Å²) < 4.78 is 13.2. The second-order valence-corrected chi connectivity index (χ2v) is 5.13. The number of halogens is 3. The van der Waals surface area contributed by atoms with E-state index in [1.54, 1.807) is 19.9 Å². The van der Waals surface area contributed by atoms with Crippen LogP contribution in [0.1, 0.15) is 27.7 Å². The van der Waals surface area contributed by atoms with Crippen molar-refractivity contribution in [3.05, 3.63) is 24.0 Å². The van der Waals surface area contributed by atoms with E-state index >= 15 is 0 Å². The molecule has 0 saturated carbocycles. The summed E-state index contributed by atoms with van der Waals surface area (Å²) in [5, 5.41) is 5.88. The predicted molar refractivity (Wildman–Crippen MR) is 91.1 cm³/mol. The standard InChI is InChI=1S/C14H22FN3O.2ClH/c1-8(2)17-13-7-11(15)5-6-12(13)18-14(19)9(3)10(4)16;;/h5-10,17H,16H2,1-4H3,(H,18,19);2*1H. The summed E-state index contributed by atoms with van der Waals surface area (Å²) in [6.07, 6.45) is 0. The van der Waals surface area contributed by atoms with E-state index in [4.69, 9.17) is 5.73 Å². The average molecular weight is 340 g/mol. The van der Waals surface area contributed by atoms with Crippen molar-refractivity contribution >= 4 is 42.1 Å². The molecule has 2 unspecified atom stereocenters. The van der Waals surface area contributed by atoms with Crippen molar-refractivity contribution in [2.24, 2.45) is 11.7 Å². The number of amides is 1. The second-order valence-electron chi connectivity index (χ2n) is 5.13. The van der Waals surface area contributed by atoms with Crippen LogP contribution in [-0.4, -0.2) is 18.0 Å². The molecule has 0 spiro atoms. The van der Waals surface area contributed by atoms with E-state index in [1.165, 1.54) is 12.1 Å². The molecule has 0 aromatic heterocycles. The summed E-state index contributed by atoms with van der Waals surface area (Å²) in [5.74, 6) is -0.827. The second kappa shape index (κ2) is 9.82. The molecule has 1 rings (SSSR count). The summed E-state index contributed by atoms with van der Waals surface area (Å²) >= 11 is 0. The minimum absolute atomic E-state index is 0. The maximum atomic E-state index is 13.2. The predicted octanol–water partition coefficient (Wildman–Crippen LogP) is 3.41. The van der Waals surface area contributed by atoms with Crippen LogP contribution in [0.4, 0.5) is 15.8 Å². The van der Waals surface area contributed by atoms with Gasteiger partial charge in [-0.3, -0.25) is 4.79 Å². The lowest BCUT2D eigenvalue weighted by atomic mass is 10.0. The van der Waals surface area contributed by atoms with Gasteiger partial charge in [-0.1, -0.05) is 6.92 Å². The third-order valence-corrected chi connectivity index (χ3v) is 2.89. The van der Waals surface area contributed by atoms with Crippen molar-refractivity contribution in [1.82, 2.24) is 0 Å². The van der Waals surface area contributed by atoms with Crippen LogP contribution in [0.5, 0.6) is 0 Å². The van der Waals surface area contributed by atoms with Crippen LogP contribution in [0.15, 0.2) is 18.2 Å². The van der Waals surface area contributed by atoms with Crippen molar-refractivity contribution in [2.75, 3.05) is 10.6 Å². The van der Waals surface area contributed by atoms with Gasteiger partial charge >= 0.3 is 0 Å². The largest absolute Gasteiger partial charge is 0.381 e. The molecule has 21 heavy (non-hydrogen) atoms. The molecule has 0 aliphatic carbocycles. The summed E-state index contributed by atoms with van der Waals surface area (Å²) in [6.45, 7) is 7.43. The van der Waals surface area contributed by atoms with Crippen molar-refractivity contribution < 1.29 is 9.18 Å². The van der Waals surface area contributed by atoms with Crippen molar-refractivity contribution in [3.8, 4) is 0 Å². The first kappa shape index (κ1) is 22.2. The van der Waals surface area contributed by atoms with Gasteiger partial charge in [-0.25, -0.2) is 4.39 Å². The van der Waals surface area contributed by atoms with Gasteiger partial charge < -0.3 is 16.4 Å². The lowest BCUT2D eigenvalue weighted by Crippen LogP contribution is -2.34. The monoisotopic (exact) mass is 339 g/mol. The third-order valence-electron chi connectivity index (χ3n) is 2.89. The molecule has 0 heterocycles.